The van der Waals surface area contributed by atoms with Crippen LogP contribution in [0.25, 0.3) is 0 Å². The highest BCUT2D eigenvalue weighted by Gasteiger charge is 2.14. The molecule has 0 radical (unpaired) electrons. The first kappa shape index (κ1) is 13.4. The van der Waals surface area contributed by atoms with Crippen LogP contribution in [0.2, 0.25) is 0 Å². The normalized spacial score (nSPS) is 13.5. The molecule has 0 rings (SSSR count). The largest absolute Gasteiger partial charge is 0.277 e. The Labute approximate surface area is 86.7 Å². The second-order valence-corrected chi connectivity index (χ2v) is 4.56. The van der Waals surface area contributed by atoms with Gasteiger partial charge in [0.1, 0.15) is 0 Å². The quantitative estimate of drug-likeness (QED) is 0.616. The molecule has 0 saturated carbocycles. The van der Waals surface area contributed by atoms with E-state index in [-0.39, 0.29) is 6.04 Å². The zero-order valence-corrected chi connectivity index (χ0v) is 9.52. The maximum atomic E-state index is 11.3. The number of rotatable bonds is 7. The molecule has 4 nitrogen and oxygen atoms in total. The van der Waals surface area contributed by atoms with Gasteiger partial charge in [0.2, 0.25) is 0 Å². The van der Waals surface area contributed by atoms with Crippen molar-refractivity contribution < 1.29 is 8.42 Å². The minimum atomic E-state index is -3.37. The second kappa shape index (κ2) is 6.82. The fourth-order valence-electron chi connectivity index (χ4n) is 0.909. The van der Waals surface area contributed by atoms with Crippen molar-refractivity contribution in [2.75, 3.05) is 6.54 Å². The molecule has 0 bridgehead atoms. The minimum Gasteiger partial charge on any atom is -0.202 e. The van der Waals surface area contributed by atoms with Gasteiger partial charge in [-0.3, -0.25) is 0 Å². The predicted molar refractivity (Wildman–Crippen MR) is 57.9 cm³/mol. The predicted octanol–water partition coefficient (Wildman–Crippen LogP) is 0.622. The molecule has 0 spiro atoms. The van der Waals surface area contributed by atoms with Crippen molar-refractivity contribution in [3.8, 4) is 12.3 Å². The molecule has 1 atom stereocenters. The van der Waals surface area contributed by atoms with Crippen LogP contribution in [-0.2, 0) is 10.2 Å². The molecule has 0 fully saturated rings. The summed E-state index contributed by atoms with van der Waals surface area (Å²) in [6.45, 7) is 4.24. The summed E-state index contributed by atoms with van der Waals surface area (Å²) in [6, 6.07) is -0.172. The maximum absolute atomic E-state index is 11.3. The van der Waals surface area contributed by atoms with Gasteiger partial charge in [0.15, 0.2) is 0 Å². The Balaban J connectivity index is 4.12. The molecule has 0 aliphatic heterocycles. The summed E-state index contributed by atoms with van der Waals surface area (Å²) in [5, 5.41) is 0. The summed E-state index contributed by atoms with van der Waals surface area (Å²) in [5.41, 5.74) is 0. The van der Waals surface area contributed by atoms with E-state index in [0.29, 0.717) is 19.4 Å². The summed E-state index contributed by atoms with van der Waals surface area (Å²) in [5.74, 6) is 2.44. The van der Waals surface area contributed by atoms with Crippen LogP contribution in [0.1, 0.15) is 33.1 Å². The SMILES string of the molecule is C#CCC(CC)NS(=O)(=O)NCCC. The topological polar surface area (TPSA) is 58.2 Å². The van der Waals surface area contributed by atoms with Crippen LogP contribution in [0.5, 0.6) is 0 Å². The van der Waals surface area contributed by atoms with E-state index in [1.807, 2.05) is 13.8 Å². The molecular formula is C9H18N2O2S. The van der Waals surface area contributed by atoms with Crippen LogP contribution >= 0.6 is 0 Å². The number of nitrogens with one attached hydrogen (secondary N) is 2. The van der Waals surface area contributed by atoms with Gasteiger partial charge in [0.25, 0.3) is 10.2 Å². The third kappa shape index (κ3) is 5.97. The van der Waals surface area contributed by atoms with E-state index >= 15 is 0 Å². The average molecular weight is 218 g/mol. The lowest BCUT2D eigenvalue weighted by molar-refractivity contribution is 0.531. The third-order valence-electron chi connectivity index (χ3n) is 1.72. The van der Waals surface area contributed by atoms with Gasteiger partial charge in [-0.2, -0.15) is 13.1 Å². The smallest absolute Gasteiger partial charge is 0.202 e. The van der Waals surface area contributed by atoms with E-state index in [1.165, 1.54) is 0 Å². The van der Waals surface area contributed by atoms with Crippen molar-refractivity contribution >= 4 is 10.2 Å². The van der Waals surface area contributed by atoms with Gasteiger partial charge in [-0.25, -0.2) is 4.72 Å². The fourth-order valence-corrected chi connectivity index (χ4v) is 2.15. The molecule has 14 heavy (non-hydrogen) atoms. The monoisotopic (exact) mass is 218 g/mol. The molecule has 1 unspecified atom stereocenters. The Morgan fingerprint density at radius 1 is 1.43 bits per heavy atom. The summed E-state index contributed by atoms with van der Waals surface area (Å²) in [7, 11) is -3.37. The number of hydrogen-bond acceptors (Lipinski definition) is 2. The minimum absolute atomic E-state index is 0.172. The van der Waals surface area contributed by atoms with Crippen molar-refractivity contribution in [3.05, 3.63) is 0 Å². The molecule has 0 heterocycles. The highest BCUT2D eigenvalue weighted by molar-refractivity contribution is 7.87. The summed E-state index contributed by atoms with van der Waals surface area (Å²) in [6.07, 6.45) is 7.00. The molecule has 0 aromatic rings. The van der Waals surface area contributed by atoms with Crippen LogP contribution in [0, 0.1) is 12.3 Å². The van der Waals surface area contributed by atoms with Crippen molar-refractivity contribution in [3.63, 3.8) is 0 Å². The van der Waals surface area contributed by atoms with Gasteiger partial charge in [0, 0.05) is 19.0 Å². The highest BCUT2D eigenvalue weighted by Crippen LogP contribution is 1.97. The average Bonchev–Trinajstić information content (AvgIpc) is 2.14. The van der Waals surface area contributed by atoms with E-state index in [0.717, 1.165) is 6.42 Å². The molecule has 0 aromatic heterocycles. The lowest BCUT2D eigenvalue weighted by atomic mass is 10.2. The Kier molecular flexibility index (Phi) is 6.54. The van der Waals surface area contributed by atoms with Crippen LogP contribution in [0.15, 0.2) is 0 Å². The van der Waals surface area contributed by atoms with Crippen molar-refractivity contribution in [1.29, 1.82) is 0 Å². The van der Waals surface area contributed by atoms with Gasteiger partial charge in [-0.05, 0) is 12.8 Å². The molecule has 0 aromatic carbocycles. The molecule has 0 amide bonds. The molecular weight excluding hydrogens is 200 g/mol. The van der Waals surface area contributed by atoms with Gasteiger partial charge < -0.3 is 0 Å². The van der Waals surface area contributed by atoms with Crippen LogP contribution in [0.3, 0.4) is 0 Å². The molecule has 2 N–H and O–H groups in total. The first-order valence-corrected chi connectivity index (χ1v) is 6.24. The molecule has 0 saturated heterocycles. The molecule has 82 valence electrons. The molecule has 0 aliphatic rings. The van der Waals surface area contributed by atoms with Crippen LogP contribution in [0.4, 0.5) is 0 Å². The van der Waals surface area contributed by atoms with Crippen molar-refractivity contribution in [2.45, 2.75) is 39.2 Å². The van der Waals surface area contributed by atoms with Gasteiger partial charge in [-0.1, -0.05) is 13.8 Å². The highest BCUT2D eigenvalue weighted by atomic mass is 32.2. The Morgan fingerprint density at radius 2 is 2.07 bits per heavy atom. The van der Waals surface area contributed by atoms with E-state index in [4.69, 9.17) is 6.42 Å². The maximum Gasteiger partial charge on any atom is 0.277 e. The lowest BCUT2D eigenvalue weighted by Crippen LogP contribution is -2.42. The third-order valence-corrected chi connectivity index (χ3v) is 2.95. The van der Waals surface area contributed by atoms with E-state index < -0.39 is 10.2 Å². The number of hydrogen-bond donors (Lipinski definition) is 2. The van der Waals surface area contributed by atoms with E-state index in [2.05, 4.69) is 15.4 Å². The zero-order chi connectivity index (χ0) is 11.0. The standard InChI is InChI=1S/C9H18N2O2S/c1-4-7-9(6-3)11-14(12,13)10-8-5-2/h1,9-11H,5-8H2,2-3H3. The van der Waals surface area contributed by atoms with Gasteiger partial charge in [-0.15, -0.1) is 12.3 Å². The number of terminal acetylenes is 1. The van der Waals surface area contributed by atoms with Gasteiger partial charge >= 0.3 is 0 Å². The Bertz CT molecular complexity index is 280. The molecule has 0 aliphatic carbocycles. The second-order valence-electron chi connectivity index (χ2n) is 3.03. The lowest BCUT2D eigenvalue weighted by Gasteiger charge is -2.14. The van der Waals surface area contributed by atoms with E-state index in [1.54, 1.807) is 0 Å². The fraction of sp³-hybridized carbons (Fsp3) is 0.778. The first-order chi connectivity index (χ1) is 6.55. The Hall–Kier alpha value is -0.570. The summed E-state index contributed by atoms with van der Waals surface area (Å²) in [4.78, 5) is 0. The zero-order valence-electron chi connectivity index (χ0n) is 8.71. The van der Waals surface area contributed by atoms with Crippen LogP contribution in [-0.4, -0.2) is 21.0 Å². The Morgan fingerprint density at radius 3 is 2.50 bits per heavy atom. The first-order valence-electron chi connectivity index (χ1n) is 4.76. The summed E-state index contributed by atoms with van der Waals surface area (Å²) < 4.78 is 27.6. The van der Waals surface area contributed by atoms with Crippen molar-refractivity contribution in [1.82, 2.24) is 9.44 Å². The van der Waals surface area contributed by atoms with Crippen LogP contribution < -0.4 is 9.44 Å². The molecule has 5 heteroatoms. The van der Waals surface area contributed by atoms with E-state index in [9.17, 15) is 8.42 Å². The van der Waals surface area contributed by atoms with Gasteiger partial charge in [0.05, 0.1) is 0 Å². The summed E-state index contributed by atoms with van der Waals surface area (Å²) >= 11 is 0. The van der Waals surface area contributed by atoms with Crippen molar-refractivity contribution in [2.24, 2.45) is 0 Å².